The summed E-state index contributed by atoms with van der Waals surface area (Å²) in [6, 6.07) is 0. The molecule has 5 nitrogen and oxygen atoms in total. The first kappa shape index (κ1) is 14.3. The van der Waals surface area contributed by atoms with E-state index in [1.54, 1.807) is 0 Å². The molecular weight excluding hydrogens is 240 g/mol. The molecule has 0 bridgehead atoms. The Kier molecular flexibility index (Phi) is 5.27. The van der Waals surface area contributed by atoms with E-state index < -0.39 is 17.3 Å². The lowest BCUT2D eigenvalue weighted by Crippen LogP contribution is -2.45. The molecule has 1 heterocycles. The topological polar surface area (TPSA) is 69.6 Å². The van der Waals surface area contributed by atoms with E-state index in [1.807, 2.05) is 11.8 Å². The van der Waals surface area contributed by atoms with Crippen LogP contribution in [0.2, 0.25) is 0 Å². The van der Waals surface area contributed by atoms with E-state index in [2.05, 4.69) is 10.2 Å². The Hall–Kier alpha value is -0.750. The van der Waals surface area contributed by atoms with Crippen molar-refractivity contribution in [1.82, 2.24) is 10.2 Å². The van der Waals surface area contributed by atoms with Gasteiger partial charge in [0.05, 0.1) is 0 Å². The van der Waals surface area contributed by atoms with Crippen molar-refractivity contribution in [2.75, 3.05) is 37.7 Å². The van der Waals surface area contributed by atoms with Crippen LogP contribution in [-0.2, 0) is 9.59 Å². The number of hydrogen-bond donors (Lipinski definition) is 2. The van der Waals surface area contributed by atoms with Crippen molar-refractivity contribution < 1.29 is 14.7 Å². The predicted octanol–water partition coefficient (Wildman–Crippen LogP) is 0.262. The molecule has 0 atom stereocenters. The first-order valence-corrected chi connectivity index (χ1v) is 6.92. The molecule has 6 heteroatoms. The molecular formula is C11H20N2O3S. The number of carbonyl (C=O) groups excluding carboxylic acids is 1. The molecule has 17 heavy (non-hydrogen) atoms. The second-order valence-electron chi connectivity index (χ2n) is 4.64. The molecule has 0 aromatic heterocycles. The fourth-order valence-corrected chi connectivity index (χ4v) is 2.45. The van der Waals surface area contributed by atoms with Crippen molar-refractivity contribution in [1.29, 1.82) is 0 Å². The molecule has 1 fully saturated rings. The monoisotopic (exact) mass is 260 g/mol. The van der Waals surface area contributed by atoms with Crippen LogP contribution < -0.4 is 5.32 Å². The summed E-state index contributed by atoms with van der Waals surface area (Å²) in [6.45, 7) is 6.23. The Morgan fingerprint density at radius 2 is 1.94 bits per heavy atom. The van der Waals surface area contributed by atoms with Crippen LogP contribution in [0.5, 0.6) is 0 Å². The maximum atomic E-state index is 11.6. The average molecular weight is 260 g/mol. The Bertz CT molecular complexity index is 288. The second kappa shape index (κ2) is 6.26. The van der Waals surface area contributed by atoms with E-state index in [0.29, 0.717) is 6.54 Å². The van der Waals surface area contributed by atoms with Crippen LogP contribution in [0.25, 0.3) is 0 Å². The molecule has 1 aliphatic rings. The largest absolute Gasteiger partial charge is 0.480 e. The van der Waals surface area contributed by atoms with Gasteiger partial charge < -0.3 is 10.4 Å². The van der Waals surface area contributed by atoms with E-state index in [4.69, 9.17) is 5.11 Å². The second-order valence-corrected chi connectivity index (χ2v) is 5.86. The lowest BCUT2D eigenvalue weighted by atomic mass is 9.93. The molecule has 98 valence electrons. The minimum absolute atomic E-state index is 0.420. The summed E-state index contributed by atoms with van der Waals surface area (Å²) in [5, 5.41) is 11.6. The van der Waals surface area contributed by atoms with Gasteiger partial charge >= 0.3 is 5.97 Å². The van der Waals surface area contributed by atoms with Crippen molar-refractivity contribution in [3.05, 3.63) is 0 Å². The van der Waals surface area contributed by atoms with Crippen molar-refractivity contribution in [2.45, 2.75) is 13.8 Å². The number of carboxylic acids is 1. The smallest absolute Gasteiger partial charge is 0.318 e. The first-order valence-electron chi connectivity index (χ1n) is 5.76. The Morgan fingerprint density at radius 1 is 1.35 bits per heavy atom. The van der Waals surface area contributed by atoms with Gasteiger partial charge in [-0.2, -0.15) is 11.8 Å². The van der Waals surface area contributed by atoms with Crippen LogP contribution >= 0.6 is 11.8 Å². The maximum Gasteiger partial charge on any atom is 0.318 e. The van der Waals surface area contributed by atoms with Gasteiger partial charge in [0.2, 0.25) is 5.91 Å². The number of carbonyl (C=O) groups is 2. The highest BCUT2D eigenvalue weighted by atomic mass is 32.2. The van der Waals surface area contributed by atoms with E-state index in [0.717, 1.165) is 31.1 Å². The summed E-state index contributed by atoms with van der Waals surface area (Å²) in [6.07, 6.45) is 0. The Labute approximate surface area is 106 Å². The minimum atomic E-state index is -1.35. The Morgan fingerprint density at radius 3 is 2.47 bits per heavy atom. The Balaban J connectivity index is 2.26. The summed E-state index contributed by atoms with van der Waals surface area (Å²) >= 11 is 1.94. The van der Waals surface area contributed by atoms with Gasteiger partial charge in [-0.25, -0.2) is 0 Å². The third kappa shape index (κ3) is 4.20. The normalized spacial score (nSPS) is 17.8. The number of nitrogens with zero attached hydrogens (tertiary/aromatic N) is 1. The van der Waals surface area contributed by atoms with Crippen molar-refractivity contribution in [3.8, 4) is 0 Å². The highest BCUT2D eigenvalue weighted by Gasteiger charge is 2.35. The molecule has 0 aromatic carbocycles. The molecule has 0 aliphatic carbocycles. The quantitative estimate of drug-likeness (QED) is 0.694. The number of amides is 1. The number of rotatable bonds is 5. The summed E-state index contributed by atoms with van der Waals surface area (Å²) in [5.74, 6) is 0.754. The van der Waals surface area contributed by atoms with Gasteiger partial charge in [0, 0.05) is 37.7 Å². The molecule has 1 saturated heterocycles. The molecule has 1 amide bonds. The van der Waals surface area contributed by atoms with E-state index >= 15 is 0 Å². The lowest BCUT2D eigenvalue weighted by Gasteiger charge is -2.26. The van der Waals surface area contributed by atoms with Gasteiger partial charge in [0.25, 0.3) is 0 Å². The van der Waals surface area contributed by atoms with E-state index in [-0.39, 0.29) is 0 Å². The van der Waals surface area contributed by atoms with Gasteiger partial charge in [0.1, 0.15) is 5.41 Å². The molecule has 0 unspecified atom stereocenters. The first-order chi connectivity index (χ1) is 7.94. The van der Waals surface area contributed by atoms with Crippen LogP contribution in [-0.4, -0.2) is 59.6 Å². The minimum Gasteiger partial charge on any atom is -0.480 e. The fourth-order valence-electron chi connectivity index (χ4n) is 1.47. The summed E-state index contributed by atoms with van der Waals surface area (Å²) < 4.78 is 0. The fraction of sp³-hybridized carbons (Fsp3) is 0.818. The zero-order valence-corrected chi connectivity index (χ0v) is 11.2. The van der Waals surface area contributed by atoms with Crippen molar-refractivity contribution in [2.24, 2.45) is 5.41 Å². The van der Waals surface area contributed by atoms with Crippen molar-refractivity contribution >= 4 is 23.6 Å². The highest BCUT2D eigenvalue weighted by Crippen LogP contribution is 2.14. The van der Waals surface area contributed by atoms with Crippen molar-refractivity contribution in [3.63, 3.8) is 0 Å². The predicted molar refractivity (Wildman–Crippen MR) is 68.2 cm³/mol. The maximum absolute atomic E-state index is 11.6. The van der Waals surface area contributed by atoms with Gasteiger partial charge in [0.15, 0.2) is 0 Å². The van der Waals surface area contributed by atoms with E-state index in [1.165, 1.54) is 13.8 Å². The standard InChI is InChI=1S/C11H20N2O3S/c1-11(2,10(15)16)9(14)12-3-4-13-5-7-17-8-6-13/h3-8H2,1-2H3,(H,12,14)(H,15,16). The van der Waals surface area contributed by atoms with Gasteiger partial charge in [-0.1, -0.05) is 0 Å². The number of hydrogen-bond acceptors (Lipinski definition) is 4. The van der Waals surface area contributed by atoms with Crippen LogP contribution in [0.1, 0.15) is 13.8 Å². The molecule has 0 aromatic rings. The van der Waals surface area contributed by atoms with Gasteiger partial charge in [-0.05, 0) is 13.8 Å². The summed E-state index contributed by atoms with van der Waals surface area (Å²) in [4.78, 5) is 24.8. The molecule has 0 radical (unpaired) electrons. The summed E-state index contributed by atoms with van der Waals surface area (Å²) in [5.41, 5.74) is -1.35. The molecule has 2 N–H and O–H groups in total. The van der Waals surface area contributed by atoms with Crippen LogP contribution in [0.4, 0.5) is 0 Å². The average Bonchev–Trinajstić information content (AvgIpc) is 2.30. The highest BCUT2D eigenvalue weighted by molar-refractivity contribution is 7.99. The SMILES string of the molecule is CC(C)(C(=O)O)C(=O)NCCN1CCSCC1. The number of thioether (sulfide) groups is 1. The van der Waals surface area contributed by atoms with Crippen LogP contribution in [0.3, 0.4) is 0 Å². The summed E-state index contributed by atoms with van der Waals surface area (Å²) in [7, 11) is 0. The zero-order chi connectivity index (χ0) is 12.9. The molecule has 0 spiro atoms. The third-order valence-electron chi connectivity index (χ3n) is 2.92. The van der Waals surface area contributed by atoms with E-state index in [9.17, 15) is 9.59 Å². The zero-order valence-electron chi connectivity index (χ0n) is 10.4. The third-order valence-corrected chi connectivity index (χ3v) is 3.86. The van der Waals surface area contributed by atoms with Crippen LogP contribution in [0, 0.1) is 5.41 Å². The number of carboxylic acid groups (broad SMARTS) is 1. The molecule has 0 saturated carbocycles. The molecule has 1 rings (SSSR count). The van der Waals surface area contributed by atoms with Gasteiger partial charge in [-0.3, -0.25) is 14.5 Å². The number of aliphatic carboxylic acids is 1. The van der Waals surface area contributed by atoms with Crippen LogP contribution in [0.15, 0.2) is 0 Å². The lowest BCUT2D eigenvalue weighted by molar-refractivity contribution is -0.153. The number of nitrogens with one attached hydrogen (secondary N) is 1. The van der Waals surface area contributed by atoms with Gasteiger partial charge in [-0.15, -0.1) is 0 Å². The molecule has 1 aliphatic heterocycles.